The van der Waals surface area contributed by atoms with Crippen LogP contribution in [0.5, 0.6) is 17.4 Å². The number of benzene rings is 2. The molecule has 0 spiro atoms. The van der Waals surface area contributed by atoms with E-state index in [1.165, 1.54) is 11.8 Å². The molecule has 2 N–H and O–H groups in total. The Morgan fingerprint density at radius 2 is 1.60 bits per heavy atom. The van der Waals surface area contributed by atoms with Crippen LogP contribution in [0.2, 0.25) is 5.15 Å². The minimum atomic E-state index is -0.868. The summed E-state index contributed by atoms with van der Waals surface area (Å²) >= 11 is 7.24. The van der Waals surface area contributed by atoms with Gasteiger partial charge in [0.05, 0.1) is 14.2 Å². The summed E-state index contributed by atoms with van der Waals surface area (Å²) in [7, 11) is 3.30. The Morgan fingerprint density at radius 3 is 2.17 bits per heavy atom. The van der Waals surface area contributed by atoms with Gasteiger partial charge in [-0.05, 0) is 61.6 Å². The molecule has 2 atom stereocenters. The van der Waals surface area contributed by atoms with E-state index in [4.69, 9.17) is 30.8 Å². The number of halogens is 2. The number of nitrogens with zero attached hydrogens (tertiary/aromatic N) is 4. The van der Waals surface area contributed by atoms with Crippen LogP contribution < -0.4 is 30.0 Å². The summed E-state index contributed by atoms with van der Waals surface area (Å²) in [6.07, 6.45) is 3.04. The Morgan fingerprint density at radius 1 is 0.979 bits per heavy atom. The Labute approximate surface area is 281 Å². The van der Waals surface area contributed by atoms with Gasteiger partial charge < -0.3 is 29.4 Å². The van der Waals surface area contributed by atoms with Crippen LogP contribution in [0.3, 0.4) is 0 Å². The standard InChI is InChI=1S/C34H36ClFN6O4S/c1-20(46-33-27-29(28(36)30(35)40-33)39-34(47-5)41-32(27)43)17-38-21(2)26-7-6-16-37-31(26)42(18-22-8-12-24(44-3)13-9-22)19-23-10-14-25(45-4)15-11-23/h6-16,20-21,38H,17-19H2,1-5H3,(H,39,41,43). The highest BCUT2D eigenvalue weighted by Crippen LogP contribution is 2.30. The van der Waals surface area contributed by atoms with Gasteiger partial charge in [0, 0.05) is 37.4 Å². The first-order chi connectivity index (χ1) is 22.7. The predicted octanol–water partition coefficient (Wildman–Crippen LogP) is 6.57. The Balaban J connectivity index is 1.36. The van der Waals surface area contributed by atoms with Crippen molar-refractivity contribution in [3.63, 3.8) is 0 Å². The lowest BCUT2D eigenvalue weighted by atomic mass is 10.1. The van der Waals surface area contributed by atoms with Crippen LogP contribution in [0.1, 0.15) is 36.6 Å². The second-order valence-electron chi connectivity index (χ2n) is 10.8. The number of hydrogen-bond acceptors (Lipinski definition) is 10. The van der Waals surface area contributed by atoms with Crippen LogP contribution in [-0.2, 0) is 13.1 Å². The molecule has 0 saturated heterocycles. The zero-order chi connectivity index (χ0) is 33.5. The Bertz CT molecular complexity index is 1830. The third-order valence-electron chi connectivity index (χ3n) is 7.57. The molecule has 0 aliphatic heterocycles. The number of hydrogen-bond donors (Lipinski definition) is 2. The number of fused-ring (bicyclic) bond motifs is 1. The summed E-state index contributed by atoms with van der Waals surface area (Å²) in [6.45, 7) is 5.46. The quantitative estimate of drug-likeness (QED) is 0.0759. The summed E-state index contributed by atoms with van der Waals surface area (Å²) in [4.78, 5) is 30.7. The number of pyridine rings is 2. The minimum absolute atomic E-state index is 0.0815. The van der Waals surface area contributed by atoms with Crippen molar-refractivity contribution < 1.29 is 18.6 Å². The van der Waals surface area contributed by atoms with Crippen LogP contribution in [0.15, 0.2) is 76.8 Å². The third kappa shape index (κ3) is 8.13. The normalized spacial score (nSPS) is 12.5. The van der Waals surface area contributed by atoms with E-state index in [0.29, 0.717) is 19.6 Å². The lowest BCUT2D eigenvalue weighted by Gasteiger charge is -2.29. The zero-order valence-corrected chi connectivity index (χ0v) is 28.3. The number of H-pyrrole nitrogens is 1. The molecule has 5 aromatic rings. The summed E-state index contributed by atoms with van der Waals surface area (Å²) in [5, 5.41) is 3.27. The van der Waals surface area contributed by atoms with Crippen LogP contribution >= 0.6 is 23.4 Å². The van der Waals surface area contributed by atoms with Crippen molar-refractivity contribution in [1.29, 1.82) is 0 Å². The molecule has 5 rings (SSSR count). The highest BCUT2D eigenvalue weighted by atomic mass is 35.5. The first-order valence-electron chi connectivity index (χ1n) is 14.9. The molecule has 0 radical (unpaired) electrons. The van der Waals surface area contributed by atoms with Crippen LogP contribution in [0.4, 0.5) is 10.2 Å². The van der Waals surface area contributed by atoms with Crippen molar-refractivity contribution in [3.05, 3.63) is 105 Å². The van der Waals surface area contributed by atoms with E-state index in [0.717, 1.165) is 34.0 Å². The summed E-state index contributed by atoms with van der Waals surface area (Å²) < 4.78 is 31.5. The number of methoxy groups -OCH3 is 2. The van der Waals surface area contributed by atoms with Crippen molar-refractivity contribution >= 4 is 40.1 Å². The summed E-state index contributed by atoms with van der Waals surface area (Å²) in [6, 6.07) is 19.8. The molecule has 3 aromatic heterocycles. The molecule has 10 nitrogen and oxygen atoms in total. The van der Waals surface area contributed by atoms with Gasteiger partial charge in [-0.15, -0.1) is 0 Å². The molecule has 3 heterocycles. The average molecular weight is 679 g/mol. The van der Waals surface area contributed by atoms with Gasteiger partial charge >= 0.3 is 0 Å². The molecule has 0 saturated carbocycles. The molecule has 0 aliphatic carbocycles. The number of anilines is 1. The molecule has 47 heavy (non-hydrogen) atoms. The highest BCUT2D eigenvalue weighted by molar-refractivity contribution is 7.98. The number of ether oxygens (including phenoxy) is 3. The van der Waals surface area contributed by atoms with Gasteiger partial charge in [0.15, 0.2) is 16.1 Å². The van der Waals surface area contributed by atoms with E-state index in [-0.39, 0.29) is 28.0 Å². The van der Waals surface area contributed by atoms with Gasteiger partial charge in [0.1, 0.15) is 34.3 Å². The first-order valence-corrected chi connectivity index (χ1v) is 16.5. The molecular weight excluding hydrogens is 643 g/mol. The van der Waals surface area contributed by atoms with E-state index in [1.54, 1.807) is 26.7 Å². The topological polar surface area (TPSA) is 114 Å². The Kier molecular flexibility index (Phi) is 11.2. The van der Waals surface area contributed by atoms with E-state index in [1.807, 2.05) is 74.5 Å². The number of nitrogens with one attached hydrogen (secondary N) is 2. The maximum absolute atomic E-state index is 14.8. The number of aromatic nitrogens is 4. The van der Waals surface area contributed by atoms with Crippen molar-refractivity contribution in [2.45, 2.75) is 44.2 Å². The fraction of sp³-hybridized carbons (Fsp3) is 0.294. The molecular formula is C34H36ClFN6O4S. The van der Waals surface area contributed by atoms with E-state index in [2.05, 4.69) is 25.2 Å². The van der Waals surface area contributed by atoms with Crippen LogP contribution in [-0.4, -0.2) is 53.1 Å². The fourth-order valence-electron chi connectivity index (χ4n) is 5.09. The van der Waals surface area contributed by atoms with Crippen molar-refractivity contribution in [1.82, 2.24) is 25.3 Å². The molecule has 0 amide bonds. The van der Waals surface area contributed by atoms with Gasteiger partial charge in [-0.1, -0.05) is 53.7 Å². The first kappa shape index (κ1) is 34.0. The van der Waals surface area contributed by atoms with Gasteiger partial charge in [-0.2, -0.15) is 4.98 Å². The van der Waals surface area contributed by atoms with Crippen LogP contribution in [0.25, 0.3) is 10.9 Å². The zero-order valence-electron chi connectivity index (χ0n) is 26.7. The minimum Gasteiger partial charge on any atom is -0.497 e. The highest BCUT2D eigenvalue weighted by Gasteiger charge is 2.22. The van der Waals surface area contributed by atoms with Gasteiger partial charge in [-0.25, -0.2) is 14.4 Å². The van der Waals surface area contributed by atoms with Crippen LogP contribution in [0, 0.1) is 5.82 Å². The van der Waals surface area contributed by atoms with Gasteiger partial charge in [0.2, 0.25) is 5.88 Å². The second kappa shape index (κ2) is 15.5. The molecule has 13 heteroatoms. The number of aromatic amines is 1. The molecule has 2 unspecified atom stereocenters. The van der Waals surface area contributed by atoms with Gasteiger partial charge in [0.25, 0.3) is 5.56 Å². The molecule has 0 bridgehead atoms. The van der Waals surface area contributed by atoms with E-state index in [9.17, 15) is 9.18 Å². The van der Waals surface area contributed by atoms with E-state index < -0.39 is 22.6 Å². The van der Waals surface area contributed by atoms with Gasteiger partial charge in [-0.3, -0.25) is 4.79 Å². The molecule has 2 aromatic carbocycles. The molecule has 0 fully saturated rings. The largest absolute Gasteiger partial charge is 0.497 e. The monoisotopic (exact) mass is 678 g/mol. The summed E-state index contributed by atoms with van der Waals surface area (Å²) in [5.41, 5.74) is 2.45. The SMILES string of the molecule is COc1ccc(CN(Cc2ccc(OC)cc2)c2ncccc2C(C)NCC(C)Oc2nc(Cl)c(F)c3nc(SC)[nH]c(=O)c23)cc1. The maximum atomic E-state index is 14.8. The van der Waals surface area contributed by atoms with Crippen molar-refractivity contribution in [2.75, 3.05) is 31.9 Å². The number of thioether (sulfide) groups is 1. The lowest BCUT2D eigenvalue weighted by Crippen LogP contribution is -2.33. The summed E-state index contributed by atoms with van der Waals surface area (Å²) in [5.74, 6) is 1.46. The van der Waals surface area contributed by atoms with Crippen molar-refractivity contribution in [2.24, 2.45) is 0 Å². The van der Waals surface area contributed by atoms with E-state index >= 15 is 0 Å². The smallest absolute Gasteiger partial charge is 0.265 e. The number of rotatable bonds is 14. The molecule has 246 valence electrons. The third-order valence-corrected chi connectivity index (χ3v) is 8.40. The predicted molar refractivity (Wildman–Crippen MR) is 184 cm³/mol. The van der Waals surface area contributed by atoms with Crippen molar-refractivity contribution in [3.8, 4) is 17.4 Å². The fourth-order valence-corrected chi connectivity index (χ4v) is 5.63. The average Bonchev–Trinajstić information content (AvgIpc) is 3.09. The maximum Gasteiger partial charge on any atom is 0.265 e. The lowest BCUT2D eigenvalue weighted by molar-refractivity contribution is 0.207. The second-order valence-corrected chi connectivity index (χ2v) is 12.0. The molecule has 0 aliphatic rings. The Hall–Kier alpha value is -4.39.